The Morgan fingerprint density at radius 1 is 1.78 bits per heavy atom. The Hall–Kier alpha value is -0.710. The summed E-state index contributed by atoms with van der Waals surface area (Å²) in [6.45, 7) is 0. The molecule has 1 aromatic heterocycles. The molecule has 0 saturated carbocycles. The molecule has 0 spiro atoms. The molecule has 0 radical (unpaired) electrons. The van der Waals surface area contributed by atoms with Crippen molar-refractivity contribution in [1.29, 1.82) is 0 Å². The number of H-pyrrole nitrogens is 1. The molecular formula is C4H2BrFN2O. The second-order valence-corrected chi connectivity index (χ2v) is 2.15. The van der Waals surface area contributed by atoms with Crippen molar-refractivity contribution in [2.24, 2.45) is 0 Å². The van der Waals surface area contributed by atoms with E-state index in [-0.39, 0.29) is 4.47 Å². The zero-order valence-corrected chi connectivity index (χ0v) is 5.77. The van der Waals surface area contributed by atoms with Gasteiger partial charge < -0.3 is 0 Å². The van der Waals surface area contributed by atoms with Crippen LogP contribution in [0.3, 0.4) is 0 Å². The molecule has 1 aromatic rings. The number of hydrogen-bond donors (Lipinski definition) is 1. The van der Waals surface area contributed by atoms with Gasteiger partial charge in [-0.3, -0.25) is 4.79 Å². The van der Waals surface area contributed by atoms with Crippen LogP contribution in [0.4, 0.5) is 4.39 Å². The third kappa shape index (κ3) is 1.16. The van der Waals surface area contributed by atoms with Gasteiger partial charge in [-0.25, -0.2) is 9.49 Å². The van der Waals surface area contributed by atoms with Crippen LogP contribution in [0.2, 0.25) is 0 Å². The summed E-state index contributed by atoms with van der Waals surface area (Å²) in [5.41, 5.74) is -0.560. The van der Waals surface area contributed by atoms with E-state index in [0.717, 1.165) is 6.20 Å². The van der Waals surface area contributed by atoms with Crippen molar-refractivity contribution in [3.8, 4) is 0 Å². The maximum absolute atomic E-state index is 12.3. The van der Waals surface area contributed by atoms with Gasteiger partial charge in [-0.15, -0.1) is 0 Å². The van der Waals surface area contributed by atoms with Crippen LogP contribution < -0.4 is 5.56 Å². The molecule has 0 aliphatic heterocycles. The Morgan fingerprint density at radius 3 is 2.89 bits per heavy atom. The Labute approximate surface area is 58.0 Å². The fourth-order valence-corrected chi connectivity index (χ4v) is 0.553. The molecule has 0 atom stereocenters. The van der Waals surface area contributed by atoms with Crippen LogP contribution in [0.5, 0.6) is 0 Å². The van der Waals surface area contributed by atoms with Crippen LogP contribution in [-0.4, -0.2) is 10.2 Å². The molecule has 0 aliphatic rings. The van der Waals surface area contributed by atoms with E-state index >= 15 is 0 Å². The van der Waals surface area contributed by atoms with E-state index in [1.165, 1.54) is 0 Å². The van der Waals surface area contributed by atoms with Crippen LogP contribution >= 0.6 is 15.9 Å². The second-order valence-electron chi connectivity index (χ2n) is 1.36. The summed E-state index contributed by atoms with van der Waals surface area (Å²) in [5, 5.41) is 5.25. The molecule has 1 heterocycles. The predicted octanol–water partition coefficient (Wildman–Crippen LogP) is 0.671. The first-order valence-electron chi connectivity index (χ1n) is 2.10. The standard InChI is InChI=1S/C4H2BrFN2O/c5-3-2(6)1-7-8-4(3)9/h1H,(H,8,9). The van der Waals surface area contributed by atoms with Gasteiger partial charge in [-0.1, -0.05) is 0 Å². The van der Waals surface area contributed by atoms with E-state index in [9.17, 15) is 9.18 Å². The molecule has 0 amide bonds. The van der Waals surface area contributed by atoms with Gasteiger partial charge >= 0.3 is 0 Å². The number of aromatic amines is 1. The quantitative estimate of drug-likeness (QED) is 0.658. The lowest BCUT2D eigenvalue weighted by Crippen LogP contribution is -2.09. The number of halogens is 2. The van der Waals surface area contributed by atoms with Crippen molar-refractivity contribution in [1.82, 2.24) is 10.2 Å². The summed E-state index contributed by atoms with van der Waals surface area (Å²) in [6.07, 6.45) is 0.922. The molecule has 9 heavy (non-hydrogen) atoms. The minimum Gasteiger partial charge on any atom is -0.267 e. The second kappa shape index (κ2) is 2.26. The predicted molar refractivity (Wildman–Crippen MR) is 32.5 cm³/mol. The Balaban J connectivity index is 3.43. The van der Waals surface area contributed by atoms with Gasteiger partial charge in [-0.05, 0) is 15.9 Å². The summed E-state index contributed by atoms with van der Waals surface area (Å²) < 4.78 is 12.1. The van der Waals surface area contributed by atoms with Gasteiger partial charge in [-0.2, -0.15) is 5.10 Å². The van der Waals surface area contributed by atoms with Crippen LogP contribution in [0.25, 0.3) is 0 Å². The molecule has 0 unspecified atom stereocenters. The Morgan fingerprint density at radius 2 is 2.44 bits per heavy atom. The highest BCUT2D eigenvalue weighted by atomic mass is 79.9. The molecule has 0 aromatic carbocycles. The maximum Gasteiger partial charge on any atom is 0.281 e. The fraction of sp³-hybridized carbons (Fsp3) is 0. The van der Waals surface area contributed by atoms with Gasteiger partial charge in [0.1, 0.15) is 4.47 Å². The Bertz CT molecular complexity index is 272. The summed E-state index contributed by atoms with van der Waals surface area (Å²) in [7, 11) is 0. The lowest BCUT2D eigenvalue weighted by Gasteiger charge is -1.86. The van der Waals surface area contributed by atoms with Crippen LogP contribution in [0.15, 0.2) is 15.5 Å². The zero-order chi connectivity index (χ0) is 6.85. The van der Waals surface area contributed by atoms with E-state index in [4.69, 9.17) is 0 Å². The van der Waals surface area contributed by atoms with Crippen LogP contribution in [0, 0.1) is 5.82 Å². The van der Waals surface area contributed by atoms with Crippen molar-refractivity contribution >= 4 is 15.9 Å². The van der Waals surface area contributed by atoms with Crippen molar-refractivity contribution < 1.29 is 4.39 Å². The normalized spacial score (nSPS) is 9.56. The molecule has 0 bridgehead atoms. The lowest BCUT2D eigenvalue weighted by molar-refractivity contribution is 0.603. The molecule has 48 valence electrons. The van der Waals surface area contributed by atoms with Crippen molar-refractivity contribution in [2.75, 3.05) is 0 Å². The van der Waals surface area contributed by atoms with Crippen molar-refractivity contribution in [3.05, 3.63) is 26.8 Å². The highest BCUT2D eigenvalue weighted by molar-refractivity contribution is 9.10. The highest BCUT2D eigenvalue weighted by Crippen LogP contribution is 2.04. The average Bonchev–Trinajstić information content (AvgIpc) is 1.83. The van der Waals surface area contributed by atoms with Gasteiger partial charge in [0.25, 0.3) is 5.56 Å². The van der Waals surface area contributed by atoms with E-state index in [0.29, 0.717) is 0 Å². The van der Waals surface area contributed by atoms with Crippen LogP contribution in [0.1, 0.15) is 0 Å². The lowest BCUT2D eigenvalue weighted by atomic mass is 10.6. The molecule has 0 aliphatic carbocycles. The van der Waals surface area contributed by atoms with Gasteiger partial charge in [0.05, 0.1) is 6.20 Å². The SMILES string of the molecule is O=c1[nH]ncc(F)c1Br. The molecular weight excluding hydrogens is 191 g/mol. The summed E-state index contributed by atoms with van der Waals surface area (Å²) >= 11 is 2.72. The van der Waals surface area contributed by atoms with Gasteiger partial charge in [0.2, 0.25) is 0 Å². The summed E-state index contributed by atoms with van der Waals surface area (Å²) in [4.78, 5) is 10.4. The summed E-state index contributed by atoms with van der Waals surface area (Å²) in [5.74, 6) is -0.654. The van der Waals surface area contributed by atoms with E-state index in [1.54, 1.807) is 0 Å². The third-order valence-corrected chi connectivity index (χ3v) is 1.49. The largest absolute Gasteiger partial charge is 0.281 e. The monoisotopic (exact) mass is 192 g/mol. The van der Waals surface area contributed by atoms with Gasteiger partial charge in [0, 0.05) is 0 Å². The number of rotatable bonds is 0. The van der Waals surface area contributed by atoms with Crippen LogP contribution in [-0.2, 0) is 0 Å². The van der Waals surface area contributed by atoms with E-state index in [1.807, 2.05) is 5.10 Å². The third-order valence-electron chi connectivity index (χ3n) is 0.753. The van der Waals surface area contributed by atoms with Gasteiger partial charge in [0.15, 0.2) is 5.82 Å². The number of nitrogens with one attached hydrogen (secondary N) is 1. The number of aromatic nitrogens is 2. The topological polar surface area (TPSA) is 45.8 Å². The summed E-state index contributed by atoms with van der Waals surface area (Å²) in [6, 6.07) is 0. The number of nitrogens with zero attached hydrogens (tertiary/aromatic N) is 1. The molecule has 5 heteroatoms. The minimum atomic E-state index is -0.654. The average molecular weight is 193 g/mol. The van der Waals surface area contributed by atoms with E-state index < -0.39 is 11.4 Å². The molecule has 3 nitrogen and oxygen atoms in total. The first-order chi connectivity index (χ1) is 4.22. The van der Waals surface area contributed by atoms with Crippen molar-refractivity contribution in [2.45, 2.75) is 0 Å². The first-order valence-corrected chi connectivity index (χ1v) is 2.90. The molecule has 0 saturated heterocycles. The highest BCUT2D eigenvalue weighted by Gasteiger charge is 2.00. The molecule has 0 fully saturated rings. The fourth-order valence-electron chi connectivity index (χ4n) is 0.362. The maximum atomic E-state index is 12.3. The molecule has 1 rings (SSSR count). The number of hydrogen-bond acceptors (Lipinski definition) is 2. The van der Waals surface area contributed by atoms with Crippen molar-refractivity contribution in [3.63, 3.8) is 0 Å². The smallest absolute Gasteiger partial charge is 0.267 e. The molecule has 1 N–H and O–H groups in total. The Kier molecular flexibility index (Phi) is 1.61. The zero-order valence-electron chi connectivity index (χ0n) is 4.19. The first kappa shape index (κ1) is 6.41. The van der Waals surface area contributed by atoms with E-state index in [2.05, 4.69) is 21.0 Å². The minimum absolute atomic E-state index is 0.113.